The van der Waals surface area contributed by atoms with Crippen LogP contribution >= 0.6 is 12.4 Å². The quantitative estimate of drug-likeness (QED) is 0.791. The monoisotopic (exact) mass is 343 g/mol. The SMILES string of the molecule is CCC(NCCO)c1ccc(F)c(Oc2ccccc2)c1F.Cl. The van der Waals surface area contributed by atoms with E-state index in [2.05, 4.69) is 5.32 Å². The lowest BCUT2D eigenvalue weighted by Gasteiger charge is -2.19. The van der Waals surface area contributed by atoms with Gasteiger partial charge in [-0.25, -0.2) is 8.78 Å². The third-order valence-electron chi connectivity index (χ3n) is 3.33. The van der Waals surface area contributed by atoms with Crippen LogP contribution in [0.3, 0.4) is 0 Å². The number of hydrogen-bond acceptors (Lipinski definition) is 3. The maximum Gasteiger partial charge on any atom is 0.198 e. The maximum absolute atomic E-state index is 14.6. The first-order valence-electron chi connectivity index (χ1n) is 7.22. The normalized spacial score (nSPS) is 11.7. The molecule has 0 aliphatic heterocycles. The lowest BCUT2D eigenvalue weighted by atomic mass is 10.0. The van der Waals surface area contributed by atoms with Crippen LogP contribution in [-0.4, -0.2) is 18.3 Å². The largest absolute Gasteiger partial charge is 0.451 e. The molecule has 0 saturated carbocycles. The van der Waals surface area contributed by atoms with Gasteiger partial charge in [0, 0.05) is 18.2 Å². The Bertz CT molecular complexity index is 611. The van der Waals surface area contributed by atoms with Gasteiger partial charge in [0.1, 0.15) is 5.75 Å². The fourth-order valence-electron chi connectivity index (χ4n) is 2.23. The number of aliphatic hydroxyl groups excluding tert-OH is 1. The van der Waals surface area contributed by atoms with Gasteiger partial charge in [-0.1, -0.05) is 31.2 Å². The van der Waals surface area contributed by atoms with Gasteiger partial charge >= 0.3 is 0 Å². The Kier molecular flexibility index (Phi) is 7.95. The Hall–Kier alpha value is -1.69. The minimum absolute atomic E-state index is 0. The molecular weight excluding hydrogens is 324 g/mol. The second-order valence-corrected chi connectivity index (χ2v) is 4.83. The van der Waals surface area contributed by atoms with E-state index in [1.54, 1.807) is 30.3 Å². The van der Waals surface area contributed by atoms with Gasteiger partial charge in [-0.2, -0.15) is 0 Å². The average molecular weight is 344 g/mol. The molecule has 0 aliphatic carbocycles. The molecule has 0 saturated heterocycles. The van der Waals surface area contributed by atoms with Crippen LogP contribution in [0.2, 0.25) is 0 Å². The highest BCUT2D eigenvalue weighted by molar-refractivity contribution is 5.85. The fourth-order valence-corrected chi connectivity index (χ4v) is 2.23. The van der Waals surface area contributed by atoms with E-state index < -0.39 is 17.4 Å². The van der Waals surface area contributed by atoms with E-state index >= 15 is 0 Å². The van der Waals surface area contributed by atoms with Crippen molar-refractivity contribution in [1.29, 1.82) is 0 Å². The van der Waals surface area contributed by atoms with Crippen molar-refractivity contribution in [3.8, 4) is 11.5 Å². The summed E-state index contributed by atoms with van der Waals surface area (Å²) in [6.07, 6.45) is 0.604. The molecular formula is C17H20ClF2NO2. The summed E-state index contributed by atoms with van der Waals surface area (Å²) in [5.41, 5.74) is 0.322. The number of ether oxygens (including phenoxy) is 1. The number of nitrogens with one attached hydrogen (secondary N) is 1. The Balaban J connectivity index is 0.00000264. The number of rotatable bonds is 7. The van der Waals surface area contributed by atoms with Crippen LogP contribution in [0.5, 0.6) is 11.5 Å². The van der Waals surface area contributed by atoms with Crippen molar-refractivity contribution in [2.45, 2.75) is 19.4 Å². The van der Waals surface area contributed by atoms with E-state index in [9.17, 15) is 8.78 Å². The first-order chi connectivity index (χ1) is 10.7. The van der Waals surface area contributed by atoms with E-state index in [4.69, 9.17) is 9.84 Å². The number of benzene rings is 2. The van der Waals surface area contributed by atoms with Crippen molar-refractivity contribution in [1.82, 2.24) is 5.32 Å². The predicted molar refractivity (Wildman–Crippen MR) is 88.2 cm³/mol. The lowest BCUT2D eigenvalue weighted by Crippen LogP contribution is -2.25. The molecule has 0 radical (unpaired) electrons. The maximum atomic E-state index is 14.6. The summed E-state index contributed by atoms with van der Waals surface area (Å²) in [5, 5.41) is 11.9. The molecule has 0 aromatic heterocycles. The van der Waals surface area contributed by atoms with Crippen LogP contribution in [0.25, 0.3) is 0 Å². The van der Waals surface area contributed by atoms with Gasteiger partial charge < -0.3 is 15.2 Å². The molecule has 2 rings (SSSR count). The fraction of sp³-hybridized carbons (Fsp3) is 0.294. The zero-order chi connectivity index (χ0) is 15.9. The molecule has 0 bridgehead atoms. The van der Waals surface area contributed by atoms with Gasteiger partial charge in [-0.3, -0.25) is 0 Å². The van der Waals surface area contributed by atoms with Gasteiger partial charge in [-0.05, 0) is 24.6 Å². The summed E-state index contributed by atoms with van der Waals surface area (Å²) in [7, 11) is 0. The van der Waals surface area contributed by atoms with E-state index in [0.717, 1.165) is 0 Å². The Morgan fingerprint density at radius 1 is 1.13 bits per heavy atom. The first-order valence-corrected chi connectivity index (χ1v) is 7.22. The summed E-state index contributed by atoms with van der Waals surface area (Å²) in [6.45, 7) is 2.17. The lowest BCUT2D eigenvalue weighted by molar-refractivity contribution is 0.282. The third kappa shape index (κ3) is 4.89. The number of para-hydroxylation sites is 1. The minimum Gasteiger partial charge on any atom is -0.451 e. The smallest absolute Gasteiger partial charge is 0.198 e. The Morgan fingerprint density at radius 2 is 1.83 bits per heavy atom. The van der Waals surface area contributed by atoms with Crippen LogP contribution < -0.4 is 10.1 Å². The van der Waals surface area contributed by atoms with Crippen molar-refractivity contribution in [2.75, 3.05) is 13.2 Å². The number of aliphatic hydroxyl groups is 1. The molecule has 2 aromatic rings. The molecule has 3 nitrogen and oxygen atoms in total. The van der Waals surface area contributed by atoms with Gasteiger partial charge in [-0.15, -0.1) is 12.4 Å². The number of hydrogen-bond donors (Lipinski definition) is 2. The number of halogens is 3. The summed E-state index contributed by atoms with van der Waals surface area (Å²) in [6, 6.07) is 10.8. The van der Waals surface area contributed by atoms with Crippen molar-refractivity contribution >= 4 is 12.4 Å². The van der Waals surface area contributed by atoms with E-state index in [-0.39, 0.29) is 25.1 Å². The summed E-state index contributed by atoms with van der Waals surface area (Å²) in [4.78, 5) is 0. The van der Waals surface area contributed by atoms with Gasteiger partial charge in [0.2, 0.25) is 0 Å². The molecule has 0 amide bonds. The van der Waals surface area contributed by atoms with Crippen molar-refractivity contribution < 1.29 is 18.6 Å². The topological polar surface area (TPSA) is 41.5 Å². The van der Waals surface area contributed by atoms with Gasteiger partial charge in [0.15, 0.2) is 17.4 Å². The average Bonchev–Trinajstić information content (AvgIpc) is 2.54. The van der Waals surface area contributed by atoms with Crippen LogP contribution in [0.4, 0.5) is 8.78 Å². The van der Waals surface area contributed by atoms with E-state index in [0.29, 0.717) is 24.3 Å². The summed E-state index contributed by atoms with van der Waals surface area (Å²) in [5.74, 6) is -1.51. The van der Waals surface area contributed by atoms with Gasteiger partial charge in [0.05, 0.1) is 6.61 Å². The highest BCUT2D eigenvalue weighted by atomic mass is 35.5. The summed E-state index contributed by atoms with van der Waals surface area (Å²) >= 11 is 0. The molecule has 0 spiro atoms. The van der Waals surface area contributed by atoms with Crippen molar-refractivity contribution in [2.24, 2.45) is 0 Å². The molecule has 0 heterocycles. The second-order valence-electron chi connectivity index (χ2n) is 4.83. The van der Waals surface area contributed by atoms with Crippen molar-refractivity contribution in [3.63, 3.8) is 0 Å². The highest BCUT2D eigenvalue weighted by Crippen LogP contribution is 2.32. The zero-order valence-corrected chi connectivity index (χ0v) is 13.6. The highest BCUT2D eigenvalue weighted by Gasteiger charge is 2.20. The standard InChI is InChI=1S/C17H19F2NO2.ClH/c1-2-15(20-10-11-21)13-8-9-14(18)17(16(13)19)22-12-6-4-3-5-7-12;/h3-9,15,20-21H,2,10-11H2,1H3;1H. The van der Waals surface area contributed by atoms with Crippen LogP contribution in [0, 0.1) is 11.6 Å². The third-order valence-corrected chi connectivity index (χ3v) is 3.33. The van der Waals surface area contributed by atoms with Gasteiger partial charge in [0.25, 0.3) is 0 Å². The molecule has 1 atom stereocenters. The summed E-state index contributed by atoms with van der Waals surface area (Å²) < 4.78 is 33.9. The molecule has 126 valence electrons. The van der Waals surface area contributed by atoms with E-state index in [1.165, 1.54) is 12.1 Å². The molecule has 23 heavy (non-hydrogen) atoms. The molecule has 0 aliphatic rings. The zero-order valence-electron chi connectivity index (χ0n) is 12.8. The second kappa shape index (κ2) is 9.45. The molecule has 2 aromatic carbocycles. The predicted octanol–water partition coefficient (Wildman–Crippen LogP) is 4.21. The minimum atomic E-state index is -0.748. The van der Waals surface area contributed by atoms with Crippen molar-refractivity contribution in [3.05, 3.63) is 59.7 Å². The van der Waals surface area contributed by atoms with Crippen LogP contribution in [0.15, 0.2) is 42.5 Å². The molecule has 1 unspecified atom stereocenters. The Labute approximate surface area is 140 Å². The van der Waals surface area contributed by atoms with Crippen LogP contribution in [0.1, 0.15) is 24.9 Å². The molecule has 6 heteroatoms. The van der Waals surface area contributed by atoms with Crippen LogP contribution in [-0.2, 0) is 0 Å². The molecule has 0 fully saturated rings. The first kappa shape index (κ1) is 19.4. The Morgan fingerprint density at radius 3 is 2.43 bits per heavy atom. The van der Waals surface area contributed by atoms with E-state index in [1.807, 2.05) is 6.92 Å². The molecule has 2 N–H and O–H groups in total.